The minimum absolute atomic E-state index is 0.0200. The van der Waals surface area contributed by atoms with Crippen LogP contribution in [0.3, 0.4) is 0 Å². The average molecular weight is 342 g/mol. The maximum atomic E-state index is 12.3. The summed E-state index contributed by atoms with van der Waals surface area (Å²) in [5.74, 6) is 0. The van der Waals surface area contributed by atoms with Crippen LogP contribution in [0.4, 0.5) is 0 Å². The Morgan fingerprint density at radius 2 is 2.19 bits per heavy atom. The van der Waals surface area contributed by atoms with E-state index in [9.17, 15) is 8.42 Å². The molecule has 0 spiro atoms. The van der Waals surface area contributed by atoms with Crippen LogP contribution in [-0.2, 0) is 10.0 Å². The fourth-order valence-corrected chi connectivity index (χ4v) is 4.08. The van der Waals surface area contributed by atoms with Crippen LogP contribution in [0.25, 0.3) is 0 Å². The lowest BCUT2D eigenvalue weighted by molar-refractivity contribution is 0.566. The van der Waals surface area contributed by atoms with E-state index >= 15 is 0 Å². The summed E-state index contributed by atoms with van der Waals surface area (Å²) in [7, 11) is -3.72. The Morgan fingerprint density at radius 1 is 1.48 bits per heavy atom. The number of benzene rings is 1. The highest BCUT2D eigenvalue weighted by atomic mass is 35.5. The third-order valence-electron chi connectivity index (χ3n) is 2.71. The number of aromatic nitrogens is 1. The molecule has 110 valence electrons. The fraction of sp³-hybridized carbons (Fsp3) is 0.231. The lowest BCUT2D eigenvalue weighted by atomic mass is 10.2. The number of hydrogen-bond acceptors (Lipinski definition) is 5. The lowest BCUT2D eigenvalue weighted by Crippen LogP contribution is -2.26. The van der Waals surface area contributed by atoms with Crippen molar-refractivity contribution in [3.05, 3.63) is 44.9 Å². The van der Waals surface area contributed by atoms with Crippen LogP contribution in [0.1, 0.15) is 29.2 Å². The van der Waals surface area contributed by atoms with Gasteiger partial charge in [0, 0.05) is 11.1 Å². The molecule has 1 aromatic carbocycles. The molecule has 2 aromatic rings. The van der Waals surface area contributed by atoms with Crippen LogP contribution in [0.15, 0.2) is 28.5 Å². The van der Waals surface area contributed by atoms with E-state index < -0.39 is 16.1 Å². The zero-order valence-corrected chi connectivity index (χ0v) is 13.7. The maximum Gasteiger partial charge on any atom is 0.241 e. The van der Waals surface area contributed by atoms with Crippen LogP contribution in [-0.4, -0.2) is 13.4 Å². The molecule has 0 fully saturated rings. The van der Waals surface area contributed by atoms with Crippen LogP contribution in [0.2, 0.25) is 5.02 Å². The van der Waals surface area contributed by atoms with Crippen molar-refractivity contribution >= 4 is 33.0 Å². The molecule has 0 aliphatic carbocycles. The molecular formula is C13H12ClN3O2S2. The van der Waals surface area contributed by atoms with Crippen molar-refractivity contribution in [1.29, 1.82) is 5.26 Å². The molecule has 1 aromatic heterocycles. The number of rotatable bonds is 4. The van der Waals surface area contributed by atoms with Crippen molar-refractivity contribution in [2.24, 2.45) is 0 Å². The number of hydrogen-bond donors (Lipinski definition) is 1. The third kappa shape index (κ3) is 3.60. The van der Waals surface area contributed by atoms with Gasteiger partial charge in [-0.3, -0.25) is 0 Å². The summed E-state index contributed by atoms with van der Waals surface area (Å²) in [6.45, 7) is 3.57. The predicted octanol–water partition coefficient (Wildman–Crippen LogP) is 3.02. The monoisotopic (exact) mass is 341 g/mol. The molecule has 1 atom stereocenters. The van der Waals surface area contributed by atoms with Gasteiger partial charge in [-0.15, -0.1) is 11.3 Å². The van der Waals surface area contributed by atoms with Gasteiger partial charge in [-0.05, 0) is 32.0 Å². The molecule has 1 N–H and O–H groups in total. The summed E-state index contributed by atoms with van der Waals surface area (Å²) in [5, 5.41) is 11.5. The summed E-state index contributed by atoms with van der Waals surface area (Å²) >= 11 is 7.26. The van der Waals surface area contributed by atoms with Gasteiger partial charge in [-0.1, -0.05) is 11.6 Å². The highest BCUT2D eigenvalue weighted by molar-refractivity contribution is 7.89. The average Bonchev–Trinajstić information content (AvgIpc) is 2.85. The lowest BCUT2D eigenvalue weighted by Gasteiger charge is -2.12. The summed E-state index contributed by atoms with van der Waals surface area (Å²) < 4.78 is 27.1. The number of halogens is 1. The SMILES string of the molecule is Cc1csc(C(C)NS(=O)(=O)c2ccc(C#N)c(Cl)c2)n1. The molecule has 0 saturated carbocycles. The number of aryl methyl sites for hydroxylation is 1. The van der Waals surface area contributed by atoms with Gasteiger partial charge in [-0.2, -0.15) is 5.26 Å². The number of thiazole rings is 1. The largest absolute Gasteiger partial charge is 0.245 e. The highest BCUT2D eigenvalue weighted by Gasteiger charge is 2.21. The Labute approximate surface area is 132 Å². The zero-order chi connectivity index (χ0) is 15.6. The van der Waals surface area contributed by atoms with E-state index in [2.05, 4.69) is 9.71 Å². The fourth-order valence-electron chi connectivity index (χ4n) is 1.68. The van der Waals surface area contributed by atoms with E-state index in [4.69, 9.17) is 16.9 Å². The van der Waals surface area contributed by atoms with Gasteiger partial charge >= 0.3 is 0 Å². The normalized spacial score (nSPS) is 12.9. The van der Waals surface area contributed by atoms with Crippen molar-refractivity contribution in [2.75, 3.05) is 0 Å². The summed E-state index contributed by atoms with van der Waals surface area (Å²) in [6, 6.07) is 5.45. The van der Waals surface area contributed by atoms with E-state index in [1.807, 2.05) is 18.4 Å². The van der Waals surface area contributed by atoms with Gasteiger partial charge in [-0.25, -0.2) is 18.1 Å². The Balaban J connectivity index is 2.26. The van der Waals surface area contributed by atoms with Gasteiger partial charge in [0.15, 0.2) is 0 Å². The van der Waals surface area contributed by atoms with E-state index in [0.29, 0.717) is 5.01 Å². The molecule has 0 amide bonds. The number of nitriles is 1. The number of nitrogens with zero attached hydrogens (tertiary/aromatic N) is 2. The second-order valence-electron chi connectivity index (χ2n) is 4.42. The first-order valence-corrected chi connectivity index (χ1v) is 8.71. The van der Waals surface area contributed by atoms with Crippen molar-refractivity contribution in [3.63, 3.8) is 0 Å². The molecule has 0 bridgehead atoms. The molecule has 0 saturated heterocycles. The third-order valence-corrected chi connectivity index (χ3v) is 5.71. The smallest absolute Gasteiger partial charge is 0.241 e. The van der Waals surface area contributed by atoms with Crippen LogP contribution in [0.5, 0.6) is 0 Å². The minimum atomic E-state index is -3.72. The van der Waals surface area contributed by atoms with E-state index in [-0.39, 0.29) is 15.5 Å². The van der Waals surface area contributed by atoms with E-state index in [0.717, 1.165) is 5.69 Å². The summed E-state index contributed by atoms with van der Waals surface area (Å²) in [6.07, 6.45) is 0. The number of nitrogens with one attached hydrogen (secondary N) is 1. The molecular weight excluding hydrogens is 330 g/mol. The molecule has 1 unspecified atom stereocenters. The van der Waals surface area contributed by atoms with Crippen molar-refractivity contribution < 1.29 is 8.42 Å². The molecule has 5 nitrogen and oxygen atoms in total. The second-order valence-corrected chi connectivity index (χ2v) is 7.43. The van der Waals surface area contributed by atoms with Crippen molar-refractivity contribution in [1.82, 2.24) is 9.71 Å². The predicted molar refractivity (Wildman–Crippen MR) is 81.8 cm³/mol. The zero-order valence-electron chi connectivity index (χ0n) is 11.3. The molecule has 0 aliphatic heterocycles. The first-order chi connectivity index (χ1) is 9.83. The molecule has 2 rings (SSSR count). The van der Waals surface area contributed by atoms with E-state index in [1.165, 1.54) is 29.5 Å². The van der Waals surface area contributed by atoms with Gasteiger partial charge < -0.3 is 0 Å². The first-order valence-electron chi connectivity index (χ1n) is 5.97. The Kier molecular flexibility index (Phi) is 4.64. The highest BCUT2D eigenvalue weighted by Crippen LogP contribution is 2.23. The van der Waals surface area contributed by atoms with Crippen LogP contribution >= 0.6 is 22.9 Å². The minimum Gasteiger partial charge on any atom is -0.245 e. The summed E-state index contributed by atoms with van der Waals surface area (Å²) in [4.78, 5) is 4.28. The van der Waals surface area contributed by atoms with Gasteiger partial charge in [0.1, 0.15) is 11.1 Å². The van der Waals surface area contributed by atoms with Crippen LogP contribution < -0.4 is 4.72 Å². The molecule has 0 radical (unpaired) electrons. The molecule has 1 heterocycles. The van der Waals surface area contributed by atoms with Gasteiger partial charge in [0.05, 0.1) is 21.5 Å². The quantitative estimate of drug-likeness (QED) is 0.926. The van der Waals surface area contributed by atoms with Crippen molar-refractivity contribution in [2.45, 2.75) is 24.8 Å². The maximum absolute atomic E-state index is 12.3. The summed E-state index contributed by atoms with van der Waals surface area (Å²) in [5.41, 5.74) is 1.08. The Morgan fingerprint density at radius 3 is 2.71 bits per heavy atom. The Bertz CT molecular complexity index is 809. The van der Waals surface area contributed by atoms with Crippen molar-refractivity contribution in [3.8, 4) is 6.07 Å². The first kappa shape index (κ1) is 15.9. The molecule has 0 aliphatic rings. The number of sulfonamides is 1. The van der Waals surface area contributed by atoms with Gasteiger partial charge in [0.2, 0.25) is 10.0 Å². The molecule has 21 heavy (non-hydrogen) atoms. The molecule has 8 heteroatoms. The van der Waals surface area contributed by atoms with Crippen LogP contribution in [0, 0.1) is 18.3 Å². The second kappa shape index (κ2) is 6.12. The topological polar surface area (TPSA) is 82.9 Å². The Hall–Kier alpha value is -1.46. The standard InChI is InChI=1S/C13H12ClN3O2S2/c1-8-7-20-13(16-8)9(2)17-21(18,19)11-4-3-10(6-15)12(14)5-11/h3-5,7,9,17H,1-2H3. The van der Waals surface area contributed by atoms with Gasteiger partial charge in [0.25, 0.3) is 0 Å². The van der Waals surface area contributed by atoms with E-state index in [1.54, 1.807) is 6.92 Å².